The van der Waals surface area contributed by atoms with Crippen molar-refractivity contribution in [3.63, 3.8) is 0 Å². The van der Waals surface area contributed by atoms with E-state index in [0.29, 0.717) is 34.6 Å². The second kappa shape index (κ2) is 6.62. The molecular formula is C20H17NO4. The molecule has 1 heterocycles. The minimum absolute atomic E-state index is 0.0181. The molecule has 0 aliphatic rings. The third-order valence-electron chi connectivity index (χ3n) is 3.93. The van der Waals surface area contributed by atoms with Gasteiger partial charge >= 0.3 is 0 Å². The van der Waals surface area contributed by atoms with E-state index in [-0.39, 0.29) is 17.2 Å². The van der Waals surface area contributed by atoms with E-state index >= 15 is 0 Å². The van der Waals surface area contributed by atoms with Crippen LogP contribution in [0.25, 0.3) is 22.4 Å². The van der Waals surface area contributed by atoms with Crippen LogP contribution < -0.4 is 0 Å². The third-order valence-corrected chi connectivity index (χ3v) is 3.93. The zero-order valence-electron chi connectivity index (χ0n) is 13.9. The molecule has 3 rings (SSSR count). The normalized spacial score (nSPS) is 10.3. The molecule has 0 aliphatic heterocycles. The van der Waals surface area contributed by atoms with Crippen molar-refractivity contribution in [3.05, 3.63) is 47.7 Å². The highest BCUT2D eigenvalue weighted by molar-refractivity contribution is 5.85. The van der Waals surface area contributed by atoms with E-state index in [1.165, 1.54) is 6.07 Å². The van der Waals surface area contributed by atoms with Gasteiger partial charge in [-0.1, -0.05) is 23.2 Å². The van der Waals surface area contributed by atoms with Gasteiger partial charge in [0.2, 0.25) is 0 Å². The number of phenols is 3. The van der Waals surface area contributed by atoms with E-state index in [4.69, 9.17) is 4.52 Å². The monoisotopic (exact) mass is 335 g/mol. The van der Waals surface area contributed by atoms with Gasteiger partial charge in [-0.15, -0.1) is 5.92 Å². The summed E-state index contributed by atoms with van der Waals surface area (Å²) in [7, 11) is 0. The SMILES string of the molecule is CC#CCc1cc(-c2noc(C)c2-c2ccc(O)cc2)c(O)cc1O. The van der Waals surface area contributed by atoms with Crippen LogP contribution in [0.4, 0.5) is 0 Å². The summed E-state index contributed by atoms with van der Waals surface area (Å²) >= 11 is 0. The van der Waals surface area contributed by atoms with Gasteiger partial charge in [-0.2, -0.15) is 0 Å². The number of hydrogen-bond donors (Lipinski definition) is 3. The predicted octanol–water partition coefficient (Wildman–Crippen LogP) is 4.00. The summed E-state index contributed by atoms with van der Waals surface area (Å²) in [5, 5.41) is 33.9. The van der Waals surface area contributed by atoms with E-state index < -0.39 is 0 Å². The van der Waals surface area contributed by atoms with Crippen LogP contribution >= 0.6 is 0 Å². The lowest BCUT2D eigenvalue weighted by molar-refractivity contribution is 0.399. The zero-order valence-corrected chi connectivity index (χ0v) is 13.9. The highest BCUT2D eigenvalue weighted by Gasteiger charge is 2.20. The Morgan fingerprint density at radius 2 is 1.76 bits per heavy atom. The molecule has 3 N–H and O–H groups in total. The first-order valence-corrected chi connectivity index (χ1v) is 7.71. The van der Waals surface area contributed by atoms with Crippen molar-refractivity contribution in [2.75, 3.05) is 0 Å². The summed E-state index contributed by atoms with van der Waals surface area (Å²) in [4.78, 5) is 0. The smallest absolute Gasteiger partial charge is 0.142 e. The van der Waals surface area contributed by atoms with Gasteiger partial charge < -0.3 is 19.8 Å². The summed E-state index contributed by atoms with van der Waals surface area (Å²) in [6, 6.07) is 9.59. The van der Waals surface area contributed by atoms with Crippen LogP contribution in [-0.2, 0) is 6.42 Å². The number of nitrogens with zero attached hydrogens (tertiary/aromatic N) is 1. The molecular weight excluding hydrogens is 318 g/mol. The highest BCUT2D eigenvalue weighted by Crippen LogP contribution is 2.41. The number of phenolic OH excluding ortho intramolecular Hbond substituents is 3. The molecule has 0 saturated heterocycles. The van der Waals surface area contributed by atoms with Crippen LogP contribution in [-0.4, -0.2) is 20.5 Å². The standard InChI is InChI=1S/C20H17NO4/c1-3-4-5-14-10-16(18(24)11-17(14)23)20-19(12(2)25-21-20)13-6-8-15(22)9-7-13/h6-11,22-24H,5H2,1-2H3. The largest absolute Gasteiger partial charge is 0.508 e. The molecule has 126 valence electrons. The average molecular weight is 335 g/mol. The lowest BCUT2D eigenvalue weighted by atomic mass is 9.96. The first-order valence-electron chi connectivity index (χ1n) is 7.71. The van der Waals surface area contributed by atoms with Crippen LogP contribution in [0.3, 0.4) is 0 Å². The fourth-order valence-corrected chi connectivity index (χ4v) is 2.66. The summed E-state index contributed by atoms with van der Waals surface area (Å²) < 4.78 is 5.33. The van der Waals surface area contributed by atoms with E-state index in [9.17, 15) is 15.3 Å². The second-order valence-corrected chi connectivity index (χ2v) is 5.61. The molecule has 0 spiro atoms. The second-order valence-electron chi connectivity index (χ2n) is 5.61. The Bertz CT molecular complexity index is 975. The van der Waals surface area contributed by atoms with E-state index in [2.05, 4.69) is 17.0 Å². The fraction of sp³-hybridized carbons (Fsp3) is 0.150. The Kier molecular flexibility index (Phi) is 4.36. The molecule has 0 fully saturated rings. The van der Waals surface area contributed by atoms with Crippen molar-refractivity contribution >= 4 is 0 Å². The van der Waals surface area contributed by atoms with Crippen LogP contribution in [0.2, 0.25) is 0 Å². The molecule has 5 heteroatoms. The van der Waals surface area contributed by atoms with Crippen molar-refractivity contribution in [2.45, 2.75) is 20.3 Å². The number of aryl methyl sites for hydroxylation is 1. The number of rotatable bonds is 3. The average Bonchev–Trinajstić information content (AvgIpc) is 2.96. The van der Waals surface area contributed by atoms with Crippen molar-refractivity contribution < 1.29 is 19.8 Å². The lowest BCUT2D eigenvalue weighted by Gasteiger charge is -2.09. The van der Waals surface area contributed by atoms with Gasteiger partial charge in [-0.25, -0.2) is 0 Å². The molecule has 25 heavy (non-hydrogen) atoms. The summed E-state index contributed by atoms with van der Waals surface area (Å²) in [6.45, 7) is 3.50. The molecule has 5 nitrogen and oxygen atoms in total. The number of aromatic hydroxyl groups is 3. The Morgan fingerprint density at radius 1 is 1.04 bits per heavy atom. The van der Waals surface area contributed by atoms with Crippen LogP contribution in [0, 0.1) is 18.8 Å². The maximum atomic E-state index is 10.3. The van der Waals surface area contributed by atoms with Gasteiger partial charge in [0.05, 0.1) is 5.56 Å². The topological polar surface area (TPSA) is 86.7 Å². The first kappa shape index (κ1) is 16.5. The summed E-state index contributed by atoms with van der Waals surface area (Å²) in [6.07, 6.45) is 0.362. The predicted molar refractivity (Wildman–Crippen MR) is 94.3 cm³/mol. The van der Waals surface area contributed by atoms with Crippen molar-refractivity contribution in [1.29, 1.82) is 0 Å². The molecule has 0 saturated carbocycles. The quantitative estimate of drug-likeness (QED) is 0.630. The fourth-order valence-electron chi connectivity index (χ4n) is 2.66. The van der Waals surface area contributed by atoms with Gasteiger partial charge in [0, 0.05) is 23.6 Å². The molecule has 3 aromatic rings. The summed E-state index contributed by atoms with van der Waals surface area (Å²) in [5.74, 6) is 6.31. The van der Waals surface area contributed by atoms with Crippen molar-refractivity contribution in [2.24, 2.45) is 0 Å². The Balaban J connectivity index is 2.17. The van der Waals surface area contributed by atoms with Gasteiger partial charge in [0.25, 0.3) is 0 Å². The molecule has 2 aromatic carbocycles. The van der Waals surface area contributed by atoms with E-state index in [1.807, 2.05) is 0 Å². The van der Waals surface area contributed by atoms with Crippen molar-refractivity contribution in [3.8, 4) is 51.5 Å². The van der Waals surface area contributed by atoms with Gasteiger partial charge in [0.15, 0.2) is 0 Å². The Morgan fingerprint density at radius 3 is 2.44 bits per heavy atom. The lowest BCUT2D eigenvalue weighted by Crippen LogP contribution is -1.89. The molecule has 0 bridgehead atoms. The maximum absolute atomic E-state index is 10.3. The molecule has 0 aliphatic carbocycles. The van der Waals surface area contributed by atoms with Gasteiger partial charge in [-0.05, 0) is 37.6 Å². The summed E-state index contributed by atoms with van der Waals surface area (Å²) in [5.41, 5.74) is 3.03. The number of aromatic nitrogens is 1. The number of hydrogen-bond acceptors (Lipinski definition) is 5. The molecule has 0 radical (unpaired) electrons. The highest BCUT2D eigenvalue weighted by atomic mass is 16.5. The Hall–Kier alpha value is -3.39. The van der Waals surface area contributed by atoms with Crippen LogP contribution in [0.15, 0.2) is 40.9 Å². The van der Waals surface area contributed by atoms with Gasteiger partial charge in [-0.3, -0.25) is 0 Å². The van der Waals surface area contributed by atoms with Crippen LogP contribution in [0.5, 0.6) is 17.2 Å². The molecule has 0 atom stereocenters. The third kappa shape index (κ3) is 3.15. The maximum Gasteiger partial charge on any atom is 0.142 e. The minimum atomic E-state index is -0.0981. The Labute approximate surface area is 145 Å². The van der Waals surface area contributed by atoms with Crippen molar-refractivity contribution in [1.82, 2.24) is 5.16 Å². The van der Waals surface area contributed by atoms with E-state index in [0.717, 1.165) is 5.56 Å². The minimum Gasteiger partial charge on any atom is -0.508 e. The van der Waals surface area contributed by atoms with E-state index in [1.54, 1.807) is 44.2 Å². The molecule has 0 amide bonds. The number of benzene rings is 2. The zero-order chi connectivity index (χ0) is 18.0. The van der Waals surface area contributed by atoms with Gasteiger partial charge in [0.1, 0.15) is 28.7 Å². The molecule has 1 aromatic heterocycles. The molecule has 0 unspecified atom stereocenters. The first-order chi connectivity index (χ1) is 12.0. The van der Waals surface area contributed by atoms with Crippen LogP contribution in [0.1, 0.15) is 18.2 Å².